The van der Waals surface area contributed by atoms with Gasteiger partial charge < -0.3 is 10.6 Å². The Kier molecular flexibility index (Phi) is 4.16. The summed E-state index contributed by atoms with van der Waals surface area (Å²) >= 11 is 0. The third-order valence-electron chi connectivity index (χ3n) is 1.99. The summed E-state index contributed by atoms with van der Waals surface area (Å²) in [4.78, 5) is 10.8. The highest BCUT2D eigenvalue weighted by atomic mass is 16.1. The third kappa shape index (κ3) is 4.02. The molecular formula is C12H18N2O. The molecule has 0 aliphatic rings. The van der Waals surface area contributed by atoms with Crippen molar-refractivity contribution < 1.29 is 4.79 Å². The van der Waals surface area contributed by atoms with E-state index < -0.39 is 0 Å². The van der Waals surface area contributed by atoms with Crippen molar-refractivity contribution in [2.75, 3.05) is 5.32 Å². The van der Waals surface area contributed by atoms with Gasteiger partial charge in [-0.15, -0.1) is 0 Å². The van der Waals surface area contributed by atoms with Crippen LogP contribution in [0.3, 0.4) is 0 Å². The number of hydrogen-bond acceptors (Lipinski definition) is 2. The lowest BCUT2D eigenvalue weighted by atomic mass is 10.1. The molecule has 0 saturated heterocycles. The minimum atomic E-state index is -0.00523. The fourth-order valence-corrected chi connectivity index (χ4v) is 1.35. The summed E-state index contributed by atoms with van der Waals surface area (Å²) in [6.07, 6.45) is 0. The van der Waals surface area contributed by atoms with Crippen LogP contribution in [0.15, 0.2) is 24.3 Å². The monoisotopic (exact) mass is 206 g/mol. The largest absolute Gasteiger partial charge is 0.383 e. The standard InChI is InChI=1S/C12H18N2O/c1-9(2)14-12-7-5-4-6-11(12)8-13-10(3)15/h4-7,9,14H,8H2,1-3H3,(H,13,15). The molecule has 1 rings (SSSR count). The molecule has 3 heteroatoms. The first-order chi connectivity index (χ1) is 7.09. The SMILES string of the molecule is CC(=O)NCc1ccccc1NC(C)C. The highest BCUT2D eigenvalue weighted by molar-refractivity contribution is 5.73. The maximum atomic E-state index is 10.8. The van der Waals surface area contributed by atoms with Crippen LogP contribution in [0.1, 0.15) is 26.3 Å². The summed E-state index contributed by atoms with van der Waals surface area (Å²) in [5, 5.41) is 6.14. The Hall–Kier alpha value is -1.51. The minimum Gasteiger partial charge on any atom is -0.383 e. The molecule has 0 bridgehead atoms. The van der Waals surface area contributed by atoms with Crippen molar-refractivity contribution in [3.8, 4) is 0 Å². The molecule has 0 atom stereocenters. The lowest BCUT2D eigenvalue weighted by molar-refractivity contribution is -0.119. The lowest BCUT2D eigenvalue weighted by Gasteiger charge is -2.14. The van der Waals surface area contributed by atoms with E-state index in [1.165, 1.54) is 6.92 Å². The molecule has 0 aromatic heterocycles. The number of para-hydroxylation sites is 1. The Labute approximate surface area is 90.9 Å². The predicted molar refractivity (Wildman–Crippen MR) is 62.7 cm³/mol. The van der Waals surface area contributed by atoms with Crippen molar-refractivity contribution in [1.82, 2.24) is 5.32 Å². The first-order valence-electron chi connectivity index (χ1n) is 5.18. The fourth-order valence-electron chi connectivity index (χ4n) is 1.35. The number of rotatable bonds is 4. The number of nitrogens with one attached hydrogen (secondary N) is 2. The molecule has 0 fully saturated rings. The van der Waals surface area contributed by atoms with Gasteiger partial charge in [0.1, 0.15) is 0 Å². The Morgan fingerprint density at radius 2 is 2.00 bits per heavy atom. The van der Waals surface area contributed by atoms with Crippen LogP contribution in [-0.4, -0.2) is 11.9 Å². The summed E-state index contributed by atoms with van der Waals surface area (Å²) in [6, 6.07) is 8.39. The summed E-state index contributed by atoms with van der Waals surface area (Å²) in [5.74, 6) is -0.00523. The van der Waals surface area contributed by atoms with E-state index >= 15 is 0 Å². The van der Waals surface area contributed by atoms with E-state index in [9.17, 15) is 4.79 Å². The zero-order valence-electron chi connectivity index (χ0n) is 9.50. The van der Waals surface area contributed by atoms with Crippen molar-refractivity contribution in [2.24, 2.45) is 0 Å². The predicted octanol–water partition coefficient (Wildman–Crippen LogP) is 2.14. The molecule has 1 aromatic carbocycles. The van der Waals surface area contributed by atoms with Gasteiger partial charge in [-0.05, 0) is 25.5 Å². The minimum absolute atomic E-state index is 0.00523. The van der Waals surface area contributed by atoms with Crippen LogP contribution in [0.2, 0.25) is 0 Å². The average Bonchev–Trinajstić information content (AvgIpc) is 2.15. The number of amides is 1. The Morgan fingerprint density at radius 3 is 2.60 bits per heavy atom. The van der Waals surface area contributed by atoms with Crippen LogP contribution in [0.25, 0.3) is 0 Å². The molecule has 1 amide bonds. The lowest BCUT2D eigenvalue weighted by Crippen LogP contribution is -2.20. The second-order valence-electron chi connectivity index (χ2n) is 3.87. The van der Waals surface area contributed by atoms with Crippen LogP contribution >= 0.6 is 0 Å². The van der Waals surface area contributed by atoms with Crippen LogP contribution in [0.4, 0.5) is 5.69 Å². The Balaban J connectivity index is 2.72. The second-order valence-corrected chi connectivity index (χ2v) is 3.87. The molecule has 0 aliphatic carbocycles. The van der Waals surface area contributed by atoms with Crippen LogP contribution in [0, 0.1) is 0 Å². The van der Waals surface area contributed by atoms with Gasteiger partial charge in [-0.1, -0.05) is 18.2 Å². The van der Waals surface area contributed by atoms with Gasteiger partial charge >= 0.3 is 0 Å². The van der Waals surface area contributed by atoms with Crippen molar-refractivity contribution >= 4 is 11.6 Å². The maximum Gasteiger partial charge on any atom is 0.217 e. The topological polar surface area (TPSA) is 41.1 Å². The zero-order valence-corrected chi connectivity index (χ0v) is 9.50. The average molecular weight is 206 g/mol. The molecule has 3 nitrogen and oxygen atoms in total. The Bertz CT molecular complexity index is 334. The molecule has 0 saturated carbocycles. The quantitative estimate of drug-likeness (QED) is 0.792. The van der Waals surface area contributed by atoms with E-state index in [0.717, 1.165) is 11.3 Å². The van der Waals surface area contributed by atoms with E-state index in [1.807, 2.05) is 24.3 Å². The number of benzene rings is 1. The number of hydrogen-bond donors (Lipinski definition) is 2. The molecular weight excluding hydrogens is 188 g/mol. The normalized spacial score (nSPS) is 10.1. The van der Waals surface area contributed by atoms with Crippen LogP contribution < -0.4 is 10.6 Å². The molecule has 0 aliphatic heterocycles. The van der Waals surface area contributed by atoms with Crippen molar-refractivity contribution in [2.45, 2.75) is 33.4 Å². The molecule has 2 N–H and O–H groups in total. The number of carbonyl (C=O) groups excluding carboxylic acids is 1. The molecule has 0 heterocycles. The maximum absolute atomic E-state index is 10.8. The zero-order chi connectivity index (χ0) is 11.3. The van der Waals surface area contributed by atoms with Gasteiger partial charge in [-0.2, -0.15) is 0 Å². The van der Waals surface area contributed by atoms with Gasteiger partial charge in [0.15, 0.2) is 0 Å². The second kappa shape index (κ2) is 5.39. The summed E-state index contributed by atoms with van der Waals surface area (Å²) in [7, 11) is 0. The van der Waals surface area contributed by atoms with Gasteiger partial charge in [-0.3, -0.25) is 4.79 Å². The smallest absolute Gasteiger partial charge is 0.217 e. The van der Waals surface area contributed by atoms with E-state index in [1.54, 1.807) is 0 Å². The van der Waals surface area contributed by atoms with Crippen molar-refractivity contribution in [3.05, 3.63) is 29.8 Å². The van der Waals surface area contributed by atoms with Crippen molar-refractivity contribution in [3.63, 3.8) is 0 Å². The van der Waals surface area contributed by atoms with Gasteiger partial charge in [-0.25, -0.2) is 0 Å². The third-order valence-corrected chi connectivity index (χ3v) is 1.99. The number of carbonyl (C=O) groups is 1. The van der Waals surface area contributed by atoms with E-state index in [2.05, 4.69) is 24.5 Å². The van der Waals surface area contributed by atoms with Gasteiger partial charge in [0.2, 0.25) is 5.91 Å². The van der Waals surface area contributed by atoms with E-state index in [0.29, 0.717) is 12.6 Å². The van der Waals surface area contributed by atoms with Crippen LogP contribution in [-0.2, 0) is 11.3 Å². The van der Waals surface area contributed by atoms with Crippen LogP contribution in [0.5, 0.6) is 0 Å². The van der Waals surface area contributed by atoms with E-state index in [-0.39, 0.29) is 5.91 Å². The molecule has 0 radical (unpaired) electrons. The van der Waals surface area contributed by atoms with Crippen molar-refractivity contribution in [1.29, 1.82) is 0 Å². The molecule has 15 heavy (non-hydrogen) atoms. The molecule has 1 aromatic rings. The Morgan fingerprint density at radius 1 is 1.33 bits per heavy atom. The summed E-state index contributed by atoms with van der Waals surface area (Å²) < 4.78 is 0. The number of anilines is 1. The van der Waals surface area contributed by atoms with E-state index in [4.69, 9.17) is 0 Å². The summed E-state index contributed by atoms with van der Waals surface area (Å²) in [5.41, 5.74) is 2.20. The molecule has 0 spiro atoms. The highest BCUT2D eigenvalue weighted by Gasteiger charge is 2.02. The first kappa shape index (κ1) is 11.6. The molecule has 0 unspecified atom stereocenters. The highest BCUT2D eigenvalue weighted by Crippen LogP contribution is 2.15. The molecule has 82 valence electrons. The van der Waals surface area contributed by atoms with Gasteiger partial charge in [0.05, 0.1) is 0 Å². The summed E-state index contributed by atoms with van der Waals surface area (Å²) in [6.45, 7) is 6.29. The van der Waals surface area contributed by atoms with Gasteiger partial charge in [0.25, 0.3) is 0 Å². The first-order valence-corrected chi connectivity index (χ1v) is 5.18. The van der Waals surface area contributed by atoms with Gasteiger partial charge in [0, 0.05) is 25.2 Å². The fraction of sp³-hybridized carbons (Fsp3) is 0.417.